The quantitative estimate of drug-likeness (QED) is 0.478. The first-order valence-electron chi connectivity index (χ1n) is 13.1. The third-order valence-corrected chi connectivity index (χ3v) is 7.44. The van der Waals surface area contributed by atoms with E-state index >= 15 is 0 Å². The van der Waals surface area contributed by atoms with Crippen LogP contribution in [-0.2, 0) is 11.3 Å². The van der Waals surface area contributed by atoms with Gasteiger partial charge in [0.05, 0.1) is 25.4 Å². The average molecular weight is 513 g/mol. The second-order valence-corrected chi connectivity index (χ2v) is 9.88. The van der Waals surface area contributed by atoms with E-state index in [-0.39, 0.29) is 18.7 Å². The first kappa shape index (κ1) is 24.5. The molecule has 1 saturated heterocycles. The summed E-state index contributed by atoms with van der Waals surface area (Å²) in [6.45, 7) is 5.10. The van der Waals surface area contributed by atoms with Crippen LogP contribution < -0.4 is 14.2 Å². The van der Waals surface area contributed by atoms with Crippen LogP contribution in [0.1, 0.15) is 29.2 Å². The Morgan fingerprint density at radius 2 is 1.66 bits per heavy atom. The summed E-state index contributed by atoms with van der Waals surface area (Å²) >= 11 is 0. The number of carbonyl (C=O) groups excluding carboxylic acids is 1. The van der Waals surface area contributed by atoms with Gasteiger partial charge in [0.25, 0.3) is 5.91 Å². The van der Waals surface area contributed by atoms with E-state index in [4.69, 9.17) is 19.3 Å². The van der Waals surface area contributed by atoms with E-state index in [1.807, 2.05) is 48.5 Å². The van der Waals surface area contributed by atoms with Crippen molar-refractivity contribution in [2.24, 2.45) is 5.10 Å². The summed E-state index contributed by atoms with van der Waals surface area (Å²) in [6, 6.07) is 24.1. The number of nitrogens with zero attached hydrogens (tertiary/aromatic N) is 4. The number of rotatable bonds is 7. The molecule has 3 aliphatic heterocycles. The van der Waals surface area contributed by atoms with Crippen molar-refractivity contribution in [3.8, 4) is 17.2 Å². The van der Waals surface area contributed by atoms with Gasteiger partial charge < -0.3 is 14.2 Å². The number of hydrogen-bond donors (Lipinski definition) is 0. The van der Waals surface area contributed by atoms with Gasteiger partial charge in [0.1, 0.15) is 5.75 Å². The summed E-state index contributed by atoms with van der Waals surface area (Å²) in [5, 5.41) is 6.53. The maximum atomic E-state index is 13.7. The summed E-state index contributed by atoms with van der Waals surface area (Å²) in [5.74, 6) is 2.24. The highest BCUT2D eigenvalue weighted by Crippen LogP contribution is 2.39. The van der Waals surface area contributed by atoms with E-state index in [1.165, 1.54) is 5.56 Å². The molecule has 0 unspecified atom stereocenters. The predicted octanol–water partition coefficient (Wildman–Crippen LogP) is 3.92. The fourth-order valence-corrected chi connectivity index (χ4v) is 5.29. The van der Waals surface area contributed by atoms with Gasteiger partial charge in [0.2, 0.25) is 6.79 Å². The van der Waals surface area contributed by atoms with Crippen molar-refractivity contribution >= 4 is 11.6 Å². The lowest BCUT2D eigenvalue weighted by Crippen LogP contribution is -2.49. The van der Waals surface area contributed by atoms with Gasteiger partial charge in [0.15, 0.2) is 11.5 Å². The van der Waals surface area contributed by atoms with Crippen LogP contribution in [0.3, 0.4) is 0 Å². The van der Waals surface area contributed by atoms with E-state index in [0.29, 0.717) is 18.7 Å². The third-order valence-electron chi connectivity index (χ3n) is 7.44. The van der Waals surface area contributed by atoms with Crippen LogP contribution in [0.25, 0.3) is 0 Å². The summed E-state index contributed by atoms with van der Waals surface area (Å²) in [7, 11) is 1.65. The number of piperazine rings is 1. The van der Waals surface area contributed by atoms with E-state index in [2.05, 4.69) is 34.1 Å². The zero-order chi connectivity index (χ0) is 25.9. The number of fused-ring (bicyclic) bond motifs is 1. The lowest BCUT2D eigenvalue weighted by Gasteiger charge is -2.35. The molecule has 0 radical (unpaired) electrons. The molecule has 6 rings (SSSR count). The smallest absolute Gasteiger partial charge is 0.257 e. The zero-order valence-corrected chi connectivity index (χ0v) is 21.6. The van der Waals surface area contributed by atoms with E-state index < -0.39 is 0 Å². The van der Waals surface area contributed by atoms with Crippen molar-refractivity contribution in [1.29, 1.82) is 0 Å². The molecular formula is C30H32N4O4. The number of hydrogen-bond acceptors (Lipinski definition) is 7. The fraction of sp³-hybridized carbons (Fsp3) is 0.333. The number of ether oxygens (including phenoxy) is 3. The molecule has 3 heterocycles. The number of amides is 1. The van der Waals surface area contributed by atoms with Crippen LogP contribution in [-0.4, -0.2) is 73.1 Å². The second kappa shape index (κ2) is 10.8. The summed E-state index contributed by atoms with van der Waals surface area (Å²) in [4.78, 5) is 18.4. The lowest BCUT2D eigenvalue weighted by molar-refractivity contribution is -0.134. The minimum absolute atomic E-state index is 0.00712. The summed E-state index contributed by atoms with van der Waals surface area (Å²) in [5.41, 5.74) is 4.18. The minimum atomic E-state index is -0.200. The first-order chi connectivity index (χ1) is 18.7. The normalized spacial score (nSPS) is 19.4. The Kier molecular flexibility index (Phi) is 6.98. The number of methoxy groups -OCH3 is 1. The van der Waals surface area contributed by atoms with E-state index in [0.717, 1.165) is 61.1 Å². The van der Waals surface area contributed by atoms with Crippen molar-refractivity contribution in [1.82, 2.24) is 14.8 Å². The van der Waals surface area contributed by atoms with E-state index in [9.17, 15) is 4.79 Å². The minimum Gasteiger partial charge on any atom is -0.497 e. The Hall–Kier alpha value is -3.88. The Morgan fingerprint density at radius 1 is 0.921 bits per heavy atom. The molecule has 0 spiro atoms. The molecule has 1 atom stereocenters. The van der Waals surface area contributed by atoms with Gasteiger partial charge in [-0.3, -0.25) is 14.6 Å². The zero-order valence-electron chi connectivity index (χ0n) is 21.6. The largest absolute Gasteiger partial charge is 0.497 e. The van der Waals surface area contributed by atoms with Gasteiger partial charge in [-0.05, 0) is 53.1 Å². The molecule has 1 fully saturated rings. The lowest BCUT2D eigenvalue weighted by atomic mass is 9.98. The second-order valence-electron chi connectivity index (χ2n) is 9.88. The van der Waals surface area contributed by atoms with Gasteiger partial charge >= 0.3 is 0 Å². The third kappa shape index (κ3) is 5.23. The summed E-state index contributed by atoms with van der Waals surface area (Å²) in [6.07, 6.45) is 0.628. The molecule has 0 saturated carbocycles. The topological polar surface area (TPSA) is 66.8 Å². The van der Waals surface area contributed by atoms with Gasteiger partial charge in [-0.1, -0.05) is 36.4 Å². The molecule has 0 bridgehead atoms. The molecule has 38 heavy (non-hydrogen) atoms. The molecule has 196 valence electrons. The Balaban J connectivity index is 1.16. The van der Waals surface area contributed by atoms with Crippen LogP contribution in [0.4, 0.5) is 0 Å². The highest BCUT2D eigenvalue weighted by molar-refractivity contribution is 6.03. The van der Waals surface area contributed by atoms with Gasteiger partial charge in [-0.2, -0.15) is 5.10 Å². The highest BCUT2D eigenvalue weighted by atomic mass is 16.7. The van der Waals surface area contributed by atoms with Crippen molar-refractivity contribution in [3.05, 3.63) is 89.5 Å². The molecule has 8 nitrogen and oxygen atoms in total. The molecule has 3 aromatic carbocycles. The molecule has 0 aromatic heterocycles. The van der Waals surface area contributed by atoms with Crippen molar-refractivity contribution in [2.45, 2.75) is 19.0 Å². The molecule has 3 aromatic rings. The maximum absolute atomic E-state index is 13.7. The van der Waals surface area contributed by atoms with Crippen molar-refractivity contribution < 1.29 is 19.0 Å². The molecule has 0 N–H and O–H groups in total. The average Bonchev–Trinajstić information content (AvgIpc) is 3.62. The summed E-state index contributed by atoms with van der Waals surface area (Å²) < 4.78 is 16.4. The van der Waals surface area contributed by atoms with Gasteiger partial charge in [0, 0.05) is 39.1 Å². The van der Waals surface area contributed by atoms with Gasteiger partial charge in [-0.25, -0.2) is 5.01 Å². The number of benzene rings is 3. The van der Waals surface area contributed by atoms with Crippen LogP contribution in [0.15, 0.2) is 77.9 Å². The first-order valence-corrected chi connectivity index (χ1v) is 13.1. The van der Waals surface area contributed by atoms with Crippen LogP contribution in [0, 0.1) is 0 Å². The Labute approximate surface area is 223 Å². The molecule has 1 amide bonds. The Bertz CT molecular complexity index is 1300. The molecular weight excluding hydrogens is 480 g/mol. The monoisotopic (exact) mass is 512 g/mol. The van der Waals surface area contributed by atoms with Crippen molar-refractivity contribution in [3.63, 3.8) is 0 Å². The number of hydrazone groups is 1. The standard InChI is InChI=1S/C30H32N4O4/c1-36-25-10-7-23(8-11-25)26-18-27(24-9-12-28-29(17-24)38-21-37-28)34(31-26)30(35)20-33-15-13-32(14-16-33)19-22-5-3-2-4-6-22/h2-12,17,27H,13-16,18-21H2,1H3/t27-/m1/s1. The van der Waals surface area contributed by atoms with Crippen LogP contribution >= 0.6 is 0 Å². The van der Waals surface area contributed by atoms with Crippen LogP contribution in [0.2, 0.25) is 0 Å². The van der Waals surface area contributed by atoms with E-state index in [1.54, 1.807) is 12.1 Å². The molecule has 0 aliphatic carbocycles. The highest BCUT2D eigenvalue weighted by Gasteiger charge is 2.35. The fourth-order valence-electron chi connectivity index (χ4n) is 5.29. The predicted molar refractivity (Wildman–Crippen MR) is 144 cm³/mol. The van der Waals surface area contributed by atoms with Crippen molar-refractivity contribution in [2.75, 3.05) is 46.6 Å². The maximum Gasteiger partial charge on any atom is 0.257 e. The molecule has 8 heteroatoms. The SMILES string of the molecule is COc1ccc(C2=NN(C(=O)CN3CCN(Cc4ccccc4)CC3)[C@@H](c3ccc4c(c3)OCO4)C2)cc1. The number of carbonyl (C=O) groups is 1. The molecule has 3 aliphatic rings. The van der Waals surface area contributed by atoms with Crippen LogP contribution in [0.5, 0.6) is 17.2 Å². The Morgan fingerprint density at radius 3 is 2.42 bits per heavy atom. The van der Waals surface area contributed by atoms with Gasteiger partial charge in [-0.15, -0.1) is 0 Å².